The van der Waals surface area contributed by atoms with Crippen molar-refractivity contribution < 1.29 is 4.79 Å². The van der Waals surface area contributed by atoms with Crippen LogP contribution in [0.25, 0.3) is 0 Å². The van der Waals surface area contributed by atoms with Gasteiger partial charge in [0.25, 0.3) is 0 Å². The van der Waals surface area contributed by atoms with Crippen LogP contribution in [0.5, 0.6) is 0 Å². The summed E-state index contributed by atoms with van der Waals surface area (Å²) in [5.41, 5.74) is 1.12. The first kappa shape index (κ1) is 16.6. The van der Waals surface area contributed by atoms with Gasteiger partial charge in [0.1, 0.15) is 12.2 Å². The highest BCUT2D eigenvalue weighted by atomic mass is 16.2. The molecule has 0 unspecified atom stereocenters. The minimum Gasteiger partial charge on any atom is -0.342 e. The number of aryl methyl sites for hydroxylation is 1. The van der Waals surface area contributed by atoms with E-state index in [1.165, 1.54) is 0 Å². The summed E-state index contributed by atoms with van der Waals surface area (Å²) in [7, 11) is 3.94. The average molecular weight is 328 g/mol. The summed E-state index contributed by atoms with van der Waals surface area (Å²) in [6.07, 6.45) is 7.23. The zero-order chi connectivity index (χ0) is 16.9. The molecule has 0 aliphatic carbocycles. The Balaban J connectivity index is 1.47. The molecule has 0 N–H and O–H groups in total. The third kappa shape index (κ3) is 3.97. The zero-order valence-electron chi connectivity index (χ0n) is 14.3. The van der Waals surface area contributed by atoms with E-state index in [0.717, 1.165) is 43.9 Å². The molecule has 24 heavy (non-hydrogen) atoms. The maximum Gasteiger partial charge on any atom is 0.236 e. The highest BCUT2D eigenvalue weighted by molar-refractivity contribution is 5.78. The SMILES string of the molecule is CN(CC(=O)N1CCC(c2nncn2C)CC1)Cc1cccnc1. The first-order valence-corrected chi connectivity index (χ1v) is 8.32. The van der Waals surface area contributed by atoms with Crippen LogP contribution in [0.3, 0.4) is 0 Å². The highest BCUT2D eigenvalue weighted by Gasteiger charge is 2.26. The van der Waals surface area contributed by atoms with Crippen molar-refractivity contribution in [2.45, 2.75) is 25.3 Å². The number of aromatic nitrogens is 4. The van der Waals surface area contributed by atoms with Crippen molar-refractivity contribution in [1.82, 2.24) is 29.5 Å². The Morgan fingerprint density at radius 3 is 2.79 bits per heavy atom. The van der Waals surface area contributed by atoms with Gasteiger partial charge in [0.05, 0.1) is 6.54 Å². The van der Waals surface area contributed by atoms with Gasteiger partial charge in [-0.15, -0.1) is 10.2 Å². The third-order valence-corrected chi connectivity index (χ3v) is 4.54. The van der Waals surface area contributed by atoms with Crippen molar-refractivity contribution in [2.75, 3.05) is 26.7 Å². The lowest BCUT2D eigenvalue weighted by Gasteiger charge is -2.32. The highest BCUT2D eigenvalue weighted by Crippen LogP contribution is 2.26. The van der Waals surface area contributed by atoms with Crippen molar-refractivity contribution in [3.63, 3.8) is 0 Å². The van der Waals surface area contributed by atoms with Crippen LogP contribution in [0.15, 0.2) is 30.9 Å². The molecule has 0 spiro atoms. The third-order valence-electron chi connectivity index (χ3n) is 4.54. The van der Waals surface area contributed by atoms with Crippen molar-refractivity contribution in [2.24, 2.45) is 7.05 Å². The number of hydrogen-bond donors (Lipinski definition) is 0. The molecular weight excluding hydrogens is 304 g/mol. The van der Waals surface area contributed by atoms with Gasteiger partial charge in [-0.1, -0.05) is 6.07 Å². The Morgan fingerprint density at radius 2 is 2.17 bits per heavy atom. The summed E-state index contributed by atoms with van der Waals surface area (Å²) in [5.74, 6) is 1.61. The van der Waals surface area contributed by atoms with Gasteiger partial charge in [-0.05, 0) is 31.5 Å². The van der Waals surface area contributed by atoms with E-state index >= 15 is 0 Å². The number of nitrogens with zero attached hydrogens (tertiary/aromatic N) is 6. The standard InChI is InChI=1S/C17H24N6O/c1-21(11-14-4-3-7-18-10-14)12-16(24)23-8-5-15(6-9-23)17-20-19-13-22(17)2/h3-4,7,10,13,15H,5-6,8-9,11-12H2,1-2H3. The van der Waals surface area contributed by atoms with Crippen LogP contribution in [0.4, 0.5) is 0 Å². The predicted octanol–water partition coefficient (Wildman–Crippen LogP) is 1.05. The molecule has 7 heteroatoms. The minimum absolute atomic E-state index is 0.192. The lowest BCUT2D eigenvalue weighted by Crippen LogP contribution is -2.43. The first-order chi connectivity index (χ1) is 11.6. The normalized spacial score (nSPS) is 15.9. The monoisotopic (exact) mass is 328 g/mol. The van der Waals surface area contributed by atoms with Crippen LogP contribution in [0, 0.1) is 0 Å². The number of likely N-dealkylation sites (tertiary alicyclic amines) is 1. The molecule has 0 atom stereocenters. The second-order valence-corrected chi connectivity index (χ2v) is 6.49. The van der Waals surface area contributed by atoms with Gasteiger partial charge in [0, 0.05) is 45.0 Å². The molecule has 0 bridgehead atoms. The van der Waals surface area contributed by atoms with Crippen molar-refractivity contribution in [3.05, 3.63) is 42.2 Å². The zero-order valence-corrected chi connectivity index (χ0v) is 14.3. The largest absolute Gasteiger partial charge is 0.342 e. The summed E-state index contributed by atoms with van der Waals surface area (Å²) in [5, 5.41) is 8.15. The van der Waals surface area contributed by atoms with Gasteiger partial charge in [0.15, 0.2) is 0 Å². The summed E-state index contributed by atoms with van der Waals surface area (Å²) in [6, 6.07) is 3.95. The smallest absolute Gasteiger partial charge is 0.236 e. The fourth-order valence-electron chi connectivity index (χ4n) is 3.24. The fraction of sp³-hybridized carbons (Fsp3) is 0.529. The van der Waals surface area contributed by atoms with Gasteiger partial charge < -0.3 is 9.47 Å². The number of carbonyl (C=O) groups is 1. The summed E-state index contributed by atoms with van der Waals surface area (Å²) >= 11 is 0. The fourth-order valence-corrected chi connectivity index (χ4v) is 3.24. The molecule has 7 nitrogen and oxygen atoms in total. The number of pyridine rings is 1. The number of hydrogen-bond acceptors (Lipinski definition) is 5. The maximum atomic E-state index is 12.5. The van der Waals surface area contributed by atoms with Gasteiger partial charge in [-0.2, -0.15) is 0 Å². The van der Waals surface area contributed by atoms with Crippen LogP contribution < -0.4 is 0 Å². The average Bonchev–Trinajstić information content (AvgIpc) is 3.02. The Bertz CT molecular complexity index is 663. The molecular formula is C17H24N6O. The first-order valence-electron chi connectivity index (χ1n) is 8.32. The Morgan fingerprint density at radius 1 is 1.38 bits per heavy atom. The van der Waals surface area contributed by atoms with Crippen LogP contribution in [0.1, 0.15) is 30.1 Å². The lowest BCUT2D eigenvalue weighted by atomic mass is 9.96. The molecule has 1 fully saturated rings. The van der Waals surface area contributed by atoms with E-state index in [0.29, 0.717) is 12.5 Å². The van der Waals surface area contributed by atoms with Gasteiger partial charge >= 0.3 is 0 Å². The van der Waals surface area contributed by atoms with Crippen LogP contribution in [-0.4, -0.2) is 62.1 Å². The van der Waals surface area contributed by atoms with E-state index in [2.05, 4.69) is 15.2 Å². The maximum absolute atomic E-state index is 12.5. The van der Waals surface area contributed by atoms with Gasteiger partial charge in [0.2, 0.25) is 5.91 Å². The lowest BCUT2D eigenvalue weighted by molar-refractivity contribution is -0.133. The Kier molecular flexibility index (Phi) is 5.20. The Labute approximate surface area is 142 Å². The number of amides is 1. The summed E-state index contributed by atoms with van der Waals surface area (Å²) in [4.78, 5) is 20.6. The molecule has 0 saturated carbocycles. The van der Waals surface area contributed by atoms with E-state index in [1.807, 2.05) is 46.8 Å². The topological polar surface area (TPSA) is 67.2 Å². The van der Waals surface area contributed by atoms with E-state index in [4.69, 9.17) is 0 Å². The molecule has 128 valence electrons. The molecule has 1 saturated heterocycles. The Hall–Kier alpha value is -2.28. The van der Waals surface area contributed by atoms with E-state index in [9.17, 15) is 4.79 Å². The molecule has 1 aliphatic heterocycles. The second-order valence-electron chi connectivity index (χ2n) is 6.49. The molecule has 1 amide bonds. The number of rotatable bonds is 5. The van der Waals surface area contributed by atoms with Crippen molar-refractivity contribution in [1.29, 1.82) is 0 Å². The van der Waals surface area contributed by atoms with Crippen molar-refractivity contribution >= 4 is 5.91 Å². The van der Waals surface area contributed by atoms with Gasteiger partial charge in [-0.25, -0.2) is 0 Å². The van der Waals surface area contributed by atoms with Crippen molar-refractivity contribution in [3.8, 4) is 0 Å². The van der Waals surface area contributed by atoms with Crippen LogP contribution in [0.2, 0.25) is 0 Å². The van der Waals surface area contributed by atoms with E-state index in [1.54, 1.807) is 12.5 Å². The molecule has 2 aromatic rings. The minimum atomic E-state index is 0.192. The number of carbonyl (C=O) groups excluding carboxylic acids is 1. The molecule has 3 heterocycles. The molecule has 0 aromatic carbocycles. The van der Waals surface area contributed by atoms with E-state index < -0.39 is 0 Å². The molecule has 1 aliphatic rings. The molecule has 3 rings (SSSR count). The van der Waals surface area contributed by atoms with Crippen LogP contribution in [-0.2, 0) is 18.4 Å². The predicted molar refractivity (Wildman–Crippen MR) is 90.1 cm³/mol. The number of piperidine rings is 1. The molecule has 2 aromatic heterocycles. The summed E-state index contributed by atoms with van der Waals surface area (Å²) in [6.45, 7) is 2.74. The number of likely N-dealkylation sites (N-methyl/N-ethyl adjacent to an activating group) is 1. The quantitative estimate of drug-likeness (QED) is 0.821. The van der Waals surface area contributed by atoms with E-state index in [-0.39, 0.29) is 5.91 Å². The molecule has 0 radical (unpaired) electrons. The summed E-state index contributed by atoms with van der Waals surface area (Å²) < 4.78 is 1.98. The van der Waals surface area contributed by atoms with Crippen LogP contribution >= 0.6 is 0 Å². The second kappa shape index (κ2) is 7.53. The van der Waals surface area contributed by atoms with Gasteiger partial charge in [-0.3, -0.25) is 14.7 Å².